The fourth-order valence-electron chi connectivity index (χ4n) is 1.35. The maximum atomic E-state index is 11.3. The predicted molar refractivity (Wildman–Crippen MR) is 67.8 cm³/mol. The molecule has 0 saturated heterocycles. The molecule has 0 atom stereocenters. The third-order valence-corrected chi connectivity index (χ3v) is 2.17. The van der Waals surface area contributed by atoms with Crippen molar-refractivity contribution in [3.63, 3.8) is 0 Å². The van der Waals surface area contributed by atoms with Crippen molar-refractivity contribution in [1.29, 1.82) is 0 Å². The molecule has 0 unspecified atom stereocenters. The molecule has 2 N–H and O–H groups in total. The van der Waals surface area contributed by atoms with Crippen molar-refractivity contribution in [3.8, 4) is 0 Å². The number of carbonyl (C=O) groups is 2. The van der Waals surface area contributed by atoms with Crippen molar-refractivity contribution in [2.24, 2.45) is 0 Å². The number of hydrogen-bond acceptors (Lipinski definition) is 5. The topological polar surface area (TPSA) is 80.6 Å². The van der Waals surface area contributed by atoms with Gasteiger partial charge in [-0.3, -0.25) is 4.79 Å². The second-order valence-corrected chi connectivity index (χ2v) is 3.48. The predicted octanol–water partition coefficient (Wildman–Crippen LogP) is 0.632. The molecule has 1 rings (SSSR count). The Morgan fingerprint density at radius 2 is 2.11 bits per heavy atom. The summed E-state index contributed by atoms with van der Waals surface area (Å²) in [4.78, 5) is 22.5. The molecular formula is C11H17ClN2O4. The number of amides is 1. The van der Waals surface area contributed by atoms with Crippen molar-refractivity contribution >= 4 is 24.3 Å². The highest BCUT2D eigenvalue weighted by Gasteiger charge is 2.15. The lowest BCUT2D eigenvalue weighted by Crippen LogP contribution is -2.31. The van der Waals surface area contributed by atoms with E-state index in [1.54, 1.807) is 20.0 Å². The van der Waals surface area contributed by atoms with E-state index in [1.807, 2.05) is 0 Å². The number of esters is 1. The number of nitrogens with one attached hydrogen (secondary N) is 2. The highest BCUT2D eigenvalue weighted by Crippen LogP contribution is 2.15. The molecule has 0 bridgehead atoms. The first kappa shape index (κ1) is 16.5. The van der Waals surface area contributed by atoms with Crippen LogP contribution in [-0.2, 0) is 16.1 Å². The lowest BCUT2D eigenvalue weighted by atomic mass is 10.2. The molecule has 1 aromatic heterocycles. The van der Waals surface area contributed by atoms with Crippen molar-refractivity contribution in [2.45, 2.75) is 13.5 Å². The average Bonchev–Trinajstić information content (AvgIpc) is 2.67. The van der Waals surface area contributed by atoms with Crippen LogP contribution in [0.3, 0.4) is 0 Å². The number of carbonyl (C=O) groups excluding carboxylic acids is 2. The van der Waals surface area contributed by atoms with Crippen LogP contribution >= 0.6 is 12.4 Å². The van der Waals surface area contributed by atoms with Crippen LogP contribution in [0, 0.1) is 6.92 Å². The quantitative estimate of drug-likeness (QED) is 0.771. The smallest absolute Gasteiger partial charge is 0.341 e. The molecule has 1 heterocycles. The minimum Gasteiger partial charge on any atom is -0.465 e. The molecule has 0 aliphatic carbocycles. The minimum absolute atomic E-state index is 0. The minimum atomic E-state index is -0.445. The van der Waals surface area contributed by atoms with Gasteiger partial charge in [-0.05, 0) is 20.0 Å². The molecule has 0 aliphatic rings. The molecule has 1 aromatic rings. The second kappa shape index (κ2) is 7.73. The Bertz CT molecular complexity index is 417. The fraction of sp³-hybridized carbons (Fsp3) is 0.455. The van der Waals surface area contributed by atoms with Gasteiger partial charge in [0.2, 0.25) is 5.91 Å². The number of likely N-dealkylation sites (N-methyl/N-ethyl adjacent to an activating group) is 1. The maximum absolute atomic E-state index is 11.3. The van der Waals surface area contributed by atoms with Gasteiger partial charge in [0.1, 0.15) is 17.1 Å². The number of furan rings is 1. The molecule has 1 amide bonds. The molecule has 7 heteroatoms. The molecule has 0 saturated carbocycles. The summed E-state index contributed by atoms with van der Waals surface area (Å²) in [6.07, 6.45) is 0. The van der Waals surface area contributed by atoms with Crippen molar-refractivity contribution < 1.29 is 18.7 Å². The van der Waals surface area contributed by atoms with Crippen molar-refractivity contribution in [1.82, 2.24) is 10.6 Å². The average molecular weight is 277 g/mol. The van der Waals surface area contributed by atoms with Gasteiger partial charge in [0, 0.05) is 0 Å². The number of ether oxygens (including phenoxy) is 1. The first-order chi connectivity index (χ1) is 8.08. The van der Waals surface area contributed by atoms with Gasteiger partial charge in [-0.1, -0.05) is 0 Å². The van der Waals surface area contributed by atoms with Gasteiger partial charge in [0.15, 0.2) is 0 Å². The number of halogens is 1. The first-order valence-electron chi connectivity index (χ1n) is 5.17. The zero-order valence-corrected chi connectivity index (χ0v) is 11.3. The summed E-state index contributed by atoms with van der Waals surface area (Å²) in [6, 6.07) is 1.57. The Hall–Kier alpha value is -1.53. The van der Waals surface area contributed by atoms with Gasteiger partial charge in [-0.2, -0.15) is 0 Å². The van der Waals surface area contributed by atoms with Crippen LogP contribution < -0.4 is 10.6 Å². The van der Waals surface area contributed by atoms with Crippen LogP contribution in [0.5, 0.6) is 0 Å². The van der Waals surface area contributed by atoms with E-state index >= 15 is 0 Å². The Balaban J connectivity index is 0.00000289. The summed E-state index contributed by atoms with van der Waals surface area (Å²) in [5, 5.41) is 5.38. The highest BCUT2D eigenvalue weighted by molar-refractivity contribution is 5.90. The van der Waals surface area contributed by atoms with E-state index in [-0.39, 0.29) is 31.4 Å². The van der Waals surface area contributed by atoms with E-state index in [0.717, 1.165) is 0 Å². The van der Waals surface area contributed by atoms with Crippen molar-refractivity contribution in [2.75, 3.05) is 20.7 Å². The van der Waals surface area contributed by atoms with E-state index in [9.17, 15) is 9.59 Å². The first-order valence-corrected chi connectivity index (χ1v) is 5.17. The molecule has 0 aromatic carbocycles. The number of hydrogen-bond donors (Lipinski definition) is 2. The van der Waals surface area contributed by atoms with Crippen LogP contribution in [-0.4, -0.2) is 32.6 Å². The van der Waals surface area contributed by atoms with E-state index in [1.165, 1.54) is 7.11 Å². The van der Waals surface area contributed by atoms with E-state index in [4.69, 9.17) is 4.42 Å². The van der Waals surface area contributed by atoms with Crippen molar-refractivity contribution in [3.05, 3.63) is 23.2 Å². The fourth-order valence-corrected chi connectivity index (χ4v) is 1.35. The van der Waals surface area contributed by atoms with Crippen LogP contribution in [0.25, 0.3) is 0 Å². The van der Waals surface area contributed by atoms with Gasteiger partial charge in [-0.25, -0.2) is 4.79 Å². The third-order valence-electron chi connectivity index (χ3n) is 2.17. The number of rotatable bonds is 5. The Labute approximate surface area is 111 Å². The van der Waals surface area contributed by atoms with Gasteiger partial charge in [-0.15, -0.1) is 12.4 Å². The van der Waals surface area contributed by atoms with Gasteiger partial charge >= 0.3 is 5.97 Å². The summed E-state index contributed by atoms with van der Waals surface area (Å²) in [5.74, 6) is 0.419. The molecule has 0 fully saturated rings. The van der Waals surface area contributed by atoms with Crippen LogP contribution in [0.4, 0.5) is 0 Å². The van der Waals surface area contributed by atoms with Gasteiger partial charge in [0.25, 0.3) is 0 Å². The molecule has 0 aliphatic heterocycles. The summed E-state index contributed by atoms with van der Waals surface area (Å²) >= 11 is 0. The largest absolute Gasteiger partial charge is 0.465 e. The zero-order valence-electron chi connectivity index (χ0n) is 10.5. The lowest BCUT2D eigenvalue weighted by molar-refractivity contribution is -0.120. The molecule has 6 nitrogen and oxygen atoms in total. The van der Waals surface area contributed by atoms with Crippen LogP contribution in [0.15, 0.2) is 10.5 Å². The molecule has 18 heavy (non-hydrogen) atoms. The molecule has 102 valence electrons. The summed E-state index contributed by atoms with van der Waals surface area (Å²) < 4.78 is 9.93. The molecule has 0 spiro atoms. The zero-order chi connectivity index (χ0) is 12.8. The summed E-state index contributed by atoms with van der Waals surface area (Å²) in [7, 11) is 3.00. The highest BCUT2D eigenvalue weighted by atomic mass is 35.5. The van der Waals surface area contributed by atoms with Gasteiger partial charge in [0.05, 0.1) is 20.2 Å². The van der Waals surface area contributed by atoms with Crippen LogP contribution in [0.2, 0.25) is 0 Å². The van der Waals surface area contributed by atoms with Crippen LogP contribution in [0.1, 0.15) is 21.9 Å². The normalized spacial score (nSPS) is 9.50. The number of methoxy groups -OCH3 is 1. The summed E-state index contributed by atoms with van der Waals surface area (Å²) in [6.45, 7) is 2.16. The monoisotopic (exact) mass is 276 g/mol. The Morgan fingerprint density at radius 3 is 2.67 bits per heavy atom. The third kappa shape index (κ3) is 4.38. The van der Waals surface area contributed by atoms with E-state index in [2.05, 4.69) is 15.4 Å². The molecular weight excluding hydrogens is 260 g/mol. The SMILES string of the molecule is CNCC(=O)NCc1cc(C(=O)OC)c(C)o1.Cl. The maximum Gasteiger partial charge on any atom is 0.341 e. The standard InChI is InChI=1S/C11H16N2O4.ClH/c1-7-9(11(15)16-3)4-8(17-7)5-13-10(14)6-12-2;/h4,12H,5-6H2,1-3H3,(H,13,14);1H. The Kier molecular flexibility index (Phi) is 7.07. The van der Waals surface area contributed by atoms with E-state index < -0.39 is 5.97 Å². The Morgan fingerprint density at radius 1 is 1.44 bits per heavy atom. The molecule has 0 radical (unpaired) electrons. The van der Waals surface area contributed by atoms with Gasteiger partial charge < -0.3 is 19.8 Å². The number of aryl methyl sites for hydroxylation is 1. The lowest BCUT2D eigenvalue weighted by Gasteiger charge is -2.01. The summed E-state index contributed by atoms with van der Waals surface area (Å²) in [5.41, 5.74) is 0.380. The van der Waals surface area contributed by atoms with E-state index in [0.29, 0.717) is 17.1 Å². The second-order valence-electron chi connectivity index (χ2n) is 3.48.